The summed E-state index contributed by atoms with van der Waals surface area (Å²) in [6.45, 7) is 8.51. The van der Waals surface area contributed by atoms with Crippen LogP contribution in [0.1, 0.15) is 39.5 Å². The predicted octanol–water partition coefficient (Wildman–Crippen LogP) is 2.67. The van der Waals surface area contributed by atoms with E-state index in [2.05, 4.69) is 26.5 Å². The SMILES string of the molecule is C=C(C)C1CCC2(C)CC(O)C(CO)=CCC12. The molecule has 0 bridgehead atoms. The minimum Gasteiger partial charge on any atom is -0.392 e. The molecule has 1 fully saturated rings. The summed E-state index contributed by atoms with van der Waals surface area (Å²) in [6.07, 6.45) is 5.72. The first-order chi connectivity index (χ1) is 7.98. The van der Waals surface area contributed by atoms with Gasteiger partial charge in [-0.1, -0.05) is 25.2 Å². The van der Waals surface area contributed by atoms with Gasteiger partial charge in [-0.05, 0) is 55.4 Å². The van der Waals surface area contributed by atoms with Gasteiger partial charge in [0.05, 0.1) is 12.7 Å². The first kappa shape index (κ1) is 12.8. The average molecular weight is 236 g/mol. The molecular weight excluding hydrogens is 212 g/mol. The highest BCUT2D eigenvalue weighted by molar-refractivity contribution is 5.18. The lowest BCUT2D eigenvalue weighted by Gasteiger charge is -2.33. The van der Waals surface area contributed by atoms with Gasteiger partial charge in [-0.3, -0.25) is 0 Å². The molecular formula is C15H24O2. The minimum absolute atomic E-state index is 0.0122. The van der Waals surface area contributed by atoms with Gasteiger partial charge in [0.1, 0.15) is 0 Å². The summed E-state index contributed by atoms with van der Waals surface area (Å²) in [5.41, 5.74) is 2.28. The van der Waals surface area contributed by atoms with Gasteiger partial charge in [0.25, 0.3) is 0 Å². The van der Waals surface area contributed by atoms with Crippen LogP contribution in [0.5, 0.6) is 0 Å². The molecule has 96 valence electrons. The van der Waals surface area contributed by atoms with Crippen molar-refractivity contribution < 1.29 is 10.2 Å². The molecule has 2 heteroatoms. The summed E-state index contributed by atoms with van der Waals surface area (Å²) >= 11 is 0. The summed E-state index contributed by atoms with van der Waals surface area (Å²) in [4.78, 5) is 0. The second-order valence-electron chi connectivity index (χ2n) is 6.14. The van der Waals surface area contributed by atoms with Crippen molar-refractivity contribution in [1.82, 2.24) is 0 Å². The molecule has 2 N–H and O–H groups in total. The van der Waals surface area contributed by atoms with Gasteiger partial charge in [0.15, 0.2) is 0 Å². The Morgan fingerprint density at radius 3 is 2.88 bits per heavy atom. The maximum Gasteiger partial charge on any atom is 0.0777 e. The van der Waals surface area contributed by atoms with E-state index in [4.69, 9.17) is 0 Å². The fraction of sp³-hybridized carbons (Fsp3) is 0.733. The second-order valence-corrected chi connectivity index (χ2v) is 6.14. The highest BCUT2D eigenvalue weighted by Gasteiger charge is 2.46. The van der Waals surface area contributed by atoms with Gasteiger partial charge >= 0.3 is 0 Å². The van der Waals surface area contributed by atoms with Crippen LogP contribution in [0.3, 0.4) is 0 Å². The molecule has 0 radical (unpaired) electrons. The molecule has 2 rings (SSSR count). The van der Waals surface area contributed by atoms with E-state index in [-0.39, 0.29) is 12.0 Å². The van der Waals surface area contributed by atoms with Crippen molar-refractivity contribution in [3.8, 4) is 0 Å². The maximum atomic E-state index is 10.1. The molecule has 0 amide bonds. The number of hydrogen-bond donors (Lipinski definition) is 2. The molecule has 2 aliphatic carbocycles. The van der Waals surface area contributed by atoms with Crippen molar-refractivity contribution >= 4 is 0 Å². The van der Waals surface area contributed by atoms with Crippen LogP contribution in [0.25, 0.3) is 0 Å². The predicted molar refractivity (Wildman–Crippen MR) is 69.5 cm³/mol. The second kappa shape index (κ2) is 4.58. The van der Waals surface area contributed by atoms with Crippen molar-refractivity contribution in [2.75, 3.05) is 6.61 Å². The third-order valence-corrected chi connectivity index (χ3v) is 4.94. The van der Waals surface area contributed by atoms with E-state index in [9.17, 15) is 10.2 Å². The molecule has 2 nitrogen and oxygen atoms in total. The Hall–Kier alpha value is -0.600. The minimum atomic E-state index is -0.459. The summed E-state index contributed by atoms with van der Waals surface area (Å²) < 4.78 is 0. The molecule has 4 atom stereocenters. The Morgan fingerprint density at radius 1 is 1.59 bits per heavy atom. The Labute approximate surface area is 104 Å². The Bertz CT molecular complexity index is 345. The zero-order valence-corrected chi connectivity index (χ0v) is 10.9. The van der Waals surface area contributed by atoms with Gasteiger partial charge in [-0.25, -0.2) is 0 Å². The van der Waals surface area contributed by atoms with E-state index in [0.717, 1.165) is 18.4 Å². The fourth-order valence-corrected chi connectivity index (χ4v) is 3.81. The summed E-state index contributed by atoms with van der Waals surface area (Å²) in [7, 11) is 0. The van der Waals surface area contributed by atoms with Crippen molar-refractivity contribution in [2.45, 2.75) is 45.6 Å². The molecule has 0 aromatic heterocycles. The number of aliphatic hydroxyl groups is 2. The molecule has 0 heterocycles. The van der Waals surface area contributed by atoms with Crippen molar-refractivity contribution in [2.24, 2.45) is 17.3 Å². The number of fused-ring (bicyclic) bond motifs is 1. The monoisotopic (exact) mass is 236 g/mol. The Kier molecular flexibility index (Phi) is 3.46. The highest BCUT2D eigenvalue weighted by atomic mass is 16.3. The Balaban J connectivity index is 2.26. The first-order valence-electron chi connectivity index (χ1n) is 6.61. The fourth-order valence-electron chi connectivity index (χ4n) is 3.81. The summed E-state index contributed by atoms with van der Waals surface area (Å²) in [6, 6.07) is 0. The lowest BCUT2D eigenvalue weighted by Crippen LogP contribution is -2.28. The van der Waals surface area contributed by atoms with Gasteiger partial charge in [0.2, 0.25) is 0 Å². The van der Waals surface area contributed by atoms with E-state index in [0.29, 0.717) is 11.8 Å². The zero-order valence-electron chi connectivity index (χ0n) is 10.9. The van der Waals surface area contributed by atoms with E-state index >= 15 is 0 Å². The van der Waals surface area contributed by atoms with Crippen LogP contribution >= 0.6 is 0 Å². The summed E-state index contributed by atoms with van der Waals surface area (Å²) in [5.74, 6) is 1.17. The molecule has 0 saturated heterocycles. The molecule has 0 aromatic carbocycles. The first-order valence-corrected chi connectivity index (χ1v) is 6.61. The van der Waals surface area contributed by atoms with E-state index in [1.165, 1.54) is 18.4 Å². The normalized spacial score (nSPS) is 41.6. The Morgan fingerprint density at radius 2 is 2.29 bits per heavy atom. The van der Waals surface area contributed by atoms with Crippen LogP contribution in [0, 0.1) is 17.3 Å². The molecule has 17 heavy (non-hydrogen) atoms. The number of hydrogen-bond acceptors (Lipinski definition) is 2. The highest BCUT2D eigenvalue weighted by Crippen LogP contribution is 2.54. The lowest BCUT2D eigenvalue weighted by molar-refractivity contribution is 0.0996. The van der Waals surface area contributed by atoms with E-state index in [1.807, 2.05) is 0 Å². The molecule has 0 spiro atoms. The largest absolute Gasteiger partial charge is 0.392 e. The molecule has 2 aliphatic rings. The number of aliphatic hydroxyl groups excluding tert-OH is 2. The quantitative estimate of drug-likeness (QED) is 0.724. The lowest BCUT2D eigenvalue weighted by atomic mass is 9.72. The van der Waals surface area contributed by atoms with Gasteiger partial charge in [0, 0.05) is 0 Å². The molecule has 4 unspecified atom stereocenters. The van der Waals surface area contributed by atoms with Crippen LogP contribution in [0.15, 0.2) is 23.8 Å². The summed E-state index contributed by atoms with van der Waals surface area (Å²) in [5, 5.41) is 19.4. The number of allylic oxidation sites excluding steroid dienone is 2. The maximum absolute atomic E-state index is 10.1. The van der Waals surface area contributed by atoms with E-state index in [1.54, 1.807) is 0 Å². The van der Waals surface area contributed by atoms with Crippen LogP contribution in [0.4, 0.5) is 0 Å². The van der Waals surface area contributed by atoms with Crippen molar-refractivity contribution in [1.29, 1.82) is 0 Å². The standard InChI is InChI=1S/C15H24O2/c1-10(2)12-6-7-15(3)8-14(17)11(9-16)4-5-13(12)15/h4,12-14,16-17H,1,5-9H2,2-3H3. The van der Waals surface area contributed by atoms with Gasteiger partial charge in [-0.15, -0.1) is 0 Å². The average Bonchev–Trinajstić information content (AvgIpc) is 2.50. The van der Waals surface area contributed by atoms with Crippen LogP contribution < -0.4 is 0 Å². The van der Waals surface area contributed by atoms with Crippen molar-refractivity contribution in [3.63, 3.8) is 0 Å². The van der Waals surface area contributed by atoms with Crippen LogP contribution in [0.2, 0.25) is 0 Å². The third-order valence-electron chi connectivity index (χ3n) is 4.94. The van der Waals surface area contributed by atoms with Gasteiger partial charge < -0.3 is 10.2 Å². The van der Waals surface area contributed by atoms with Crippen LogP contribution in [-0.2, 0) is 0 Å². The molecule has 0 aromatic rings. The van der Waals surface area contributed by atoms with E-state index < -0.39 is 6.10 Å². The molecule has 0 aliphatic heterocycles. The number of rotatable bonds is 2. The van der Waals surface area contributed by atoms with Gasteiger partial charge in [-0.2, -0.15) is 0 Å². The third kappa shape index (κ3) is 2.21. The van der Waals surface area contributed by atoms with Crippen molar-refractivity contribution in [3.05, 3.63) is 23.8 Å². The topological polar surface area (TPSA) is 40.5 Å². The smallest absolute Gasteiger partial charge is 0.0777 e. The molecule has 1 saturated carbocycles. The van der Waals surface area contributed by atoms with Crippen LogP contribution in [-0.4, -0.2) is 22.9 Å². The zero-order chi connectivity index (χ0) is 12.6.